The SMILES string of the molecule is Cc1cc(/C=N\NC(=O)C(=O)NC(C)(C)C)c(C)n1-c1ccc(Cl)cc1. The minimum absolute atomic E-state index is 0.484. The van der Waals surface area contributed by atoms with Gasteiger partial charge in [-0.15, -0.1) is 0 Å². The zero-order valence-electron chi connectivity index (χ0n) is 15.6. The van der Waals surface area contributed by atoms with Crippen LogP contribution in [-0.4, -0.2) is 28.1 Å². The van der Waals surface area contributed by atoms with Crippen LogP contribution in [0.3, 0.4) is 0 Å². The number of aryl methyl sites for hydroxylation is 1. The topological polar surface area (TPSA) is 75.5 Å². The van der Waals surface area contributed by atoms with Crippen molar-refractivity contribution in [2.75, 3.05) is 0 Å². The molecule has 26 heavy (non-hydrogen) atoms. The fourth-order valence-electron chi connectivity index (χ4n) is 2.51. The first-order chi connectivity index (χ1) is 12.1. The average Bonchev–Trinajstić information content (AvgIpc) is 2.81. The Bertz CT molecular complexity index is 846. The molecule has 0 aliphatic carbocycles. The van der Waals surface area contributed by atoms with Crippen LogP contribution < -0.4 is 10.7 Å². The molecule has 0 aliphatic heterocycles. The van der Waals surface area contributed by atoms with Crippen molar-refractivity contribution in [3.8, 4) is 5.69 Å². The van der Waals surface area contributed by atoms with Crippen molar-refractivity contribution >= 4 is 29.6 Å². The summed E-state index contributed by atoms with van der Waals surface area (Å²) in [7, 11) is 0. The van der Waals surface area contributed by atoms with Gasteiger partial charge in [0.15, 0.2) is 0 Å². The van der Waals surface area contributed by atoms with Gasteiger partial charge in [0.1, 0.15) is 0 Å². The molecule has 138 valence electrons. The summed E-state index contributed by atoms with van der Waals surface area (Å²) in [6.45, 7) is 9.33. The van der Waals surface area contributed by atoms with E-state index in [1.165, 1.54) is 6.21 Å². The molecule has 2 rings (SSSR count). The van der Waals surface area contributed by atoms with Gasteiger partial charge in [-0.2, -0.15) is 5.10 Å². The van der Waals surface area contributed by atoms with Crippen molar-refractivity contribution in [1.29, 1.82) is 0 Å². The van der Waals surface area contributed by atoms with Crippen LogP contribution in [0.25, 0.3) is 5.69 Å². The van der Waals surface area contributed by atoms with Crippen LogP contribution in [0.15, 0.2) is 35.4 Å². The second kappa shape index (κ2) is 7.74. The van der Waals surface area contributed by atoms with E-state index in [4.69, 9.17) is 11.6 Å². The molecule has 2 N–H and O–H groups in total. The molecular formula is C19H23ClN4O2. The van der Waals surface area contributed by atoms with Gasteiger partial charge in [0.05, 0.1) is 6.21 Å². The third kappa shape index (κ3) is 4.95. The molecule has 2 amide bonds. The molecule has 0 radical (unpaired) electrons. The molecule has 6 nitrogen and oxygen atoms in total. The van der Waals surface area contributed by atoms with E-state index >= 15 is 0 Å². The van der Waals surface area contributed by atoms with Crippen LogP contribution in [0, 0.1) is 13.8 Å². The number of carbonyl (C=O) groups excluding carboxylic acids is 2. The fraction of sp³-hybridized carbons (Fsp3) is 0.316. The lowest BCUT2D eigenvalue weighted by Crippen LogP contribution is -2.47. The smallest absolute Gasteiger partial charge is 0.329 e. The maximum absolute atomic E-state index is 11.8. The van der Waals surface area contributed by atoms with Gasteiger partial charge in [0.2, 0.25) is 0 Å². The van der Waals surface area contributed by atoms with Crippen molar-refractivity contribution < 1.29 is 9.59 Å². The monoisotopic (exact) mass is 374 g/mol. The lowest BCUT2D eigenvalue weighted by atomic mass is 10.1. The predicted molar refractivity (Wildman–Crippen MR) is 104 cm³/mol. The van der Waals surface area contributed by atoms with Crippen molar-refractivity contribution in [3.63, 3.8) is 0 Å². The molecule has 0 bridgehead atoms. The van der Waals surface area contributed by atoms with Crippen LogP contribution in [-0.2, 0) is 9.59 Å². The zero-order chi connectivity index (χ0) is 19.5. The van der Waals surface area contributed by atoms with Crippen molar-refractivity contribution in [2.24, 2.45) is 5.10 Å². The van der Waals surface area contributed by atoms with Crippen molar-refractivity contribution in [1.82, 2.24) is 15.3 Å². The Balaban J connectivity index is 2.12. The lowest BCUT2D eigenvalue weighted by Gasteiger charge is -2.19. The maximum Gasteiger partial charge on any atom is 0.329 e. The van der Waals surface area contributed by atoms with E-state index in [2.05, 4.69) is 20.4 Å². The standard InChI is InChI=1S/C19H23ClN4O2/c1-12-10-14(11-21-23-18(26)17(25)22-19(3,4)5)13(2)24(12)16-8-6-15(20)7-9-16/h6-11H,1-5H3,(H,22,25)(H,23,26)/b21-11-. The van der Waals surface area contributed by atoms with E-state index in [1.807, 2.05) is 44.2 Å². The van der Waals surface area contributed by atoms with Crippen LogP contribution in [0.1, 0.15) is 37.7 Å². The molecule has 0 aliphatic rings. The summed E-state index contributed by atoms with van der Waals surface area (Å²) < 4.78 is 2.06. The van der Waals surface area contributed by atoms with Gasteiger partial charge in [-0.1, -0.05) is 11.6 Å². The molecular weight excluding hydrogens is 352 g/mol. The Morgan fingerprint density at radius 3 is 2.31 bits per heavy atom. The number of aromatic nitrogens is 1. The Morgan fingerprint density at radius 2 is 1.73 bits per heavy atom. The first-order valence-electron chi connectivity index (χ1n) is 8.19. The van der Waals surface area contributed by atoms with Crippen molar-refractivity contribution in [3.05, 3.63) is 52.3 Å². The van der Waals surface area contributed by atoms with E-state index in [1.54, 1.807) is 20.8 Å². The number of amides is 2. The van der Waals surface area contributed by atoms with Crippen LogP contribution in [0.5, 0.6) is 0 Å². The fourth-order valence-corrected chi connectivity index (χ4v) is 2.64. The minimum atomic E-state index is -0.803. The van der Waals surface area contributed by atoms with Gasteiger partial charge in [-0.05, 0) is 65.0 Å². The molecule has 0 saturated carbocycles. The van der Waals surface area contributed by atoms with Gasteiger partial charge in [0.25, 0.3) is 0 Å². The Hall–Kier alpha value is -2.60. The molecule has 0 spiro atoms. The Kier molecular flexibility index (Phi) is 5.87. The molecule has 1 heterocycles. The highest BCUT2D eigenvalue weighted by Crippen LogP contribution is 2.21. The molecule has 0 atom stereocenters. The number of hydrazone groups is 1. The van der Waals surface area contributed by atoms with Crippen LogP contribution in [0.4, 0.5) is 0 Å². The van der Waals surface area contributed by atoms with E-state index in [0.29, 0.717) is 5.02 Å². The van der Waals surface area contributed by atoms with E-state index < -0.39 is 17.4 Å². The van der Waals surface area contributed by atoms with Gasteiger partial charge in [-0.3, -0.25) is 9.59 Å². The minimum Gasteiger partial charge on any atom is -0.343 e. The van der Waals surface area contributed by atoms with E-state index in [-0.39, 0.29) is 0 Å². The molecule has 1 aromatic heterocycles. The third-order valence-electron chi connectivity index (χ3n) is 3.62. The number of carbonyl (C=O) groups is 2. The normalized spacial score (nSPS) is 11.6. The predicted octanol–water partition coefficient (Wildman–Crippen LogP) is 3.11. The summed E-state index contributed by atoms with van der Waals surface area (Å²) in [5, 5.41) is 7.15. The number of halogens is 1. The molecule has 7 heteroatoms. The second-order valence-electron chi connectivity index (χ2n) is 7.04. The van der Waals surface area contributed by atoms with Crippen LogP contribution >= 0.6 is 11.6 Å². The summed E-state index contributed by atoms with van der Waals surface area (Å²) in [5.74, 6) is -1.52. The Morgan fingerprint density at radius 1 is 1.12 bits per heavy atom. The summed E-state index contributed by atoms with van der Waals surface area (Å²) in [4.78, 5) is 23.5. The highest BCUT2D eigenvalue weighted by atomic mass is 35.5. The molecule has 1 aromatic carbocycles. The number of hydrogen-bond acceptors (Lipinski definition) is 3. The van der Waals surface area contributed by atoms with Gasteiger partial charge in [0, 0.05) is 33.2 Å². The number of nitrogens with one attached hydrogen (secondary N) is 2. The molecule has 0 unspecified atom stereocenters. The van der Waals surface area contributed by atoms with Crippen LogP contribution in [0.2, 0.25) is 5.02 Å². The summed E-state index contributed by atoms with van der Waals surface area (Å²) in [6, 6.07) is 9.48. The average molecular weight is 375 g/mol. The largest absolute Gasteiger partial charge is 0.343 e. The number of benzene rings is 1. The first-order valence-corrected chi connectivity index (χ1v) is 8.57. The zero-order valence-corrected chi connectivity index (χ0v) is 16.3. The molecule has 0 saturated heterocycles. The molecule has 0 fully saturated rings. The summed E-state index contributed by atoms with van der Waals surface area (Å²) in [5.41, 5.74) is 5.57. The van der Waals surface area contributed by atoms with E-state index in [9.17, 15) is 9.59 Å². The van der Waals surface area contributed by atoms with Gasteiger partial charge < -0.3 is 9.88 Å². The van der Waals surface area contributed by atoms with Gasteiger partial charge in [-0.25, -0.2) is 5.43 Å². The highest BCUT2D eigenvalue weighted by molar-refractivity contribution is 6.35. The maximum atomic E-state index is 11.8. The summed E-state index contributed by atoms with van der Waals surface area (Å²) >= 11 is 5.94. The highest BCUT2D eigenvalue weighted by Gasteiger charge is 2.19. The lowest BCUT2D eigenvalue weighted by molar-refractivity contribution is -0.140. The first kappa shape index (κ1) is 19.7. The quantitative estimate of drug-likeness (QED) is 0.492. The number of nitrogens with zero attached hydrogens (tertiary/aromatic N) is 2. The number of hydrogen-bond donors (Lipinski definition) is 2. The number of rotatable bonds is 3. The van der Waals surface area contributed by atoms with Crippen molar-refractivity contribution in [2.45, 2.75) is 40.2 Å². The molecule has 2 aromatic rings. The van der Waals surface area contributed by atoms with Gasteiger partial charge >= 0.3 is 11.8 Å². The van der Waals surface area contributed by atoms with E-state index in [0.717, 1.165) is 22.6 Å². The third-order valence-corrected chi connectivity index (χ3v) is 3.87. The second-order valence-corrected chi connectivity index (χ2v) is 7.48. The Labute approximate surface area is 158 Å². The summed E-state index contributed by atoms with van der Waals surface area (Å²) in [6.07, 6.45) is 1.52.